The molecular formula is C16H14N2O5. The van der Waals surface area contributed by atoms with Crippen LogP contribution in [0.25, 0.3) is 0 Å². The first-order valence-corrected chi connectivity index (χ1v) is 6.72. The smallest absolute Gasteiger partial charge is 0.271 e. The highest BCUT2D eigenvalue weighted by atomic mass is 16.6. The number of ether oxygens (including phenoxy) is 1. The molecule has 2 rings (SSSR count). The van der Waals surface area contributed by atoms with E-state index in [0.717, 1.165) is 0 Å². The lowest BCUT2D eigenvalue weighted by molar-refractivity contribution is -0.384. The molecule has 0 radical (unpaired) electrons. The van der Waals surface area contributed by atoms with Crippen molar-refractivity contribution < 1.29 is 19.2 Å². The molecule has 0 unspecified atom stereocenters. The number of non-ortho nitro benzene ring substituents is 1. The Balaban J connectivity index is 1.97. The van der Waals surface area contributed by atoms with Crippen molar-refractivity contribution in [1.82, 2.24) is 0 Å². The van der Waals surface area contributed by atoms with Crippen LogP contribution in [0.1, 0.15) is 15.9 Å². The van der Waals surface area contributed by atoms with Crippen LogP contribution in [0.3, 0.4) is 0 Å². The number of carbonyl (C=O) groups is 2. The van der Waals surface area contributed by atoms with Crippen LogP contribution in [0.5, 0.6) is 5.75 Å². The largest absolute Gasteiger partial charge is 0.484 e. The summed E-state index contributed by atoms with van der Waals surface area (Å²) in [5.41, 5.74) is 1.48. The van der Waals surface area contributed by atoms with Crippen LogP contribution in [0.4, 0.5) is 11.4 Å². The number of anilines is 1. The molecule has 0 fully saturated rings. The number of benzene rings is 2. The van der Waals surface area contributed by atoms with Gasteiger partial charge in [-0.3, -0.25) is 19.7 Å². The lowest BCUT2D eigenvalue weighted by Gasteiger charge is -2.09. The van der Waals surface area contributed by atoms with Gasteiger partial charge in [0.1, 0.15) is 12.0 Å². The number of amides is 1. The second kappa shape index (κ2) is 7.17. The summed E-state index contributed by atoms with van der Waals surface area (Å²) in [6.07, 6.45) is 0.710. The highest BCUT2D eigenvalue weighted by Gasteiger charge is 2.11. The summed E-state index contributed by atoms with van der Waals surface area (Å²) in [5.74, 6) is 0.00887. The van der Waals surface area contributed by atoms with Crippen molar-refractivity contribution >= 4 is 23.6 Å². The number of nitrogens with zero attached hydrogens (tertiary/aromatic N) is 1. The van der Waals surface area contributed by atoms with Crippen LogP contribution in [-0.2, 0) is 4.79 Å². The Kier molecular flexibility index (Phi) is 5.03. The number of hydrogen-bond acceptors (Lipinski definition) is 5. The summed E-state index contributed by atoms with van der Waals surface area (Å²) < 4.78 is 5.30. The number of hydrogen-bond donors (Lipinski definition) is 1. The Labute approximate surface area is 132 Å². The monoisotopic (exact) mass is 314 g/mol. The number of aldehydes is 1. The number of aryl methyl sites for hydroxylation is 1. The number of rotatable bonds is 6. The van der Waals surface area contributed by atoms with Crippen LogP contribution in [0.2, 0.25) is 0 Å². The van der Waals surface area contributed by atoms with E-state index in [9.17, 15) is 19.7 Å². The van der Waals surface area contributed by atoms with Gasteiger partial charge in [0.05, 0.1) is 10.6 Å². The highest BCUT2D eigenvalue weighted by molar-refractivity contribution is 5.93. The first kappa shape index (κ1) is 16.2. The number of carbonyl (C=O) groups excluding carboxylic acids is 2. The third-order valence-electron chi connectivity index (χ3n) is 3.09. The van der Waals surface area contributed by atoms with Gasteiger partial charge in [-0.1, -0.05) is 6.07 Å². The predicted octanol–water partition coefficient (Wildman–Crippen LogP) is 2.73. The molecule has 0 saturated heterocycles. The van der Waals surface area contributed by atoms with Crippen LogP contribution in [0, 0.1) is 17.0 Å². The van der Waals surface area contributed by atoms with Crippen LogP contribution in [-0.4, -0.2) is 23.7 Å². The molecule has 0 aliphatic carbocycles. The van der Waals surface area contributed by atoms with Gasteiger partial charge in [-0.05, 0) is 36.8 Å². The molecule has 0 saturated carbocycles. The van der Waals surface area contributed by atoms with E-state index < -0.39 is 10.8 Å². The van der Waals surface area contributed by atoms with Gasteiger partial charge in [0.2, 0.25) is 0 Å². The molecule has 0 heterocycles. The van der Waals surface area contributed by atoms with Crippen molar-refractivity contribution in [3.8, 4) is 5.75 Å². The summed E-state index contributed by atoms with van der Waals surface area (Å²) in [6, 6.07) is 10.5. The Hall–Kier alpha value is -3.22. The molecule has 0 spiro atoms. The summed E-state index contributed by atoms with van der Waals surface area (Å²) in [5, 5.41) is 13.3. The van der Waals surface area contributed by atoms with E-state index in [1.54, 1.807) is 37.3 Å². The SMILES string of the molecule is Cc1ccc([N+](=O)[O-])cc1NC(=O)COc1ccc(C=O)cc1. The molecule has 2 aromatic carbocycles. The van der Waals surface area contributed by atoms with Crippen LogP contribution < -0.4 is 10.1 Å². The second-order valence-corrected chi connectivity index (χ2v) is 4.78. The van der Waals surface area contributed by atoms with Crippen molar-refractivity contribution in [2.45, 2.75) is 6.92 Å². The molecule has 0 aliphatic rings. The summed E-state index contributed by atoms with van der Waals surface area (Å²) >= 11 is 0. The van der Waals surface area contributed by atoms with Crippen molar-refractivity contribution in [1.29, 1.82) is 0 Å². The number of nitro benzene ring substituents is 1. The zero-order valence-electron chi connectivity index (χ0n) is 12.3. The fourth-order valence-electron chi connectivity index (χ4n) is 1.84. The molecule has 1 amide bonds. The average Bonchev–Trinajstić information content (AvgIpc) is 2.55. The quantitative estimate of drug-likeness (QED) is 0.502. The lowest BCUT2D eigenvalue weighted by atomic mass is 10.2. The van der Waals surface area contributed by atoms with E-state index in [1.807, 2.05) is 0 Å². The predicted molar refractivity (Wildman–Crippen MR) is 83.8 cm³/mol. The van der Waals surface area contributed by atoms with Crippen molar-refractivity contribution in [3.63, 3.8) is 0 Å². The molecular weight excluding hydrogens is 300 g/mol. The molecule has 0 aromatic heterocycles. The van der Waals surface area contributed by atoms with Gasteiger partial charge < -0.3 is 10.1 Å². The standard InChI is InChI=1S/C16H14N2O5/c1-11-2-5-13(18(21)22)8-15(11)17-16(20)10-23-14-6-3-12(9-19)4-7-14/h2-9H,10H2,1H3,(H,17,20). The van der Waals surface area contributed by atoms with Gasteiger partial charge in [0.15, 0.2) is 6.61 Å². The van der Waals surface area contributed by atoms with Crippen molar-refractivity contribution in [3.05, 3.63) is 63.7 Å². The van der Waals surface area contributed by atoms with Gasteiger partial charge in [0.25, 0.3) is 11.6 Å². The Bertz CT molecular complexity index is 741. The Morgan fingerprint density at radius 1 is 1.26 bits per heavy atom. The van der Waals surface area contributed by atoms with Gasteiger partial charge >= 0.3 is 0 Å². The molecule has 1 N–H and O–H groups in total. The van der Waals surface area contributed by atoms with Crippen molar-refractivity contribution in [2.24, 2.45) is 0 Å². The fourth-order valence-corrected chi connectivity index (χ4v) is 1.84. The number of nitro groups is 1. The van der Waals surface area contributed by atoms with Crippen LogP contribution in [0.15, 0.2) is 42.5 Å². The lowest BCUT2D eigenvalue weighted by Crippen LogP contribution is -2.20. The van der Waals surface area contributed by atoms with Gasteiger partial charge in [-0.2, -0.15) is 0 Å². The molecule has 0 aliphatic heterocycles. The minimum absolute atomic E-state index is 0.101. The minimum atomic E-state index is -0.528. The maximum absolute atomic E-state index is 11.9. The summed E-state index contributed by atoms with van der Waals surface area (Å²) in [7, 11) is 0. The first-order chi connectivity index (χ1) is 11.0. The molecule has 7 heteroatoms. The van der Waals surface area contributed by atoms with E-state index in [-0.39, 0.29) is 12.3 Å². The molecule has 0 bridgehead atoms. The Morgan fingerprint density at radius 3 is 2.57 bits per heavy atom. The molecule has 23 heavy (non-hydrogen) atoms. The molecule has 2 aromatic rings. The molecule has 118 valence electrons. The zero-order chi connectivity index (χ0) is 16.8. The second-order valence-electron chi connectivity index (χ2n) is 4.78. The molecule has 0 atom stereocenters. The normalized spacial score (nSPS) is 9.96. The van der Waals surface area contributed by atoms with Gasteiger partial charge in [-0.15, -0.1) is 0 Å². The Morgan fingerprint density at radius 2 is 1.96 bits per heavy atom. The third-order valence-corrected chi connectivity index (χ3v) is 3.09. The maximum atomic E-state index is 11.9. The maximum Gasteiger partial charge on any atom is 0.271 e. The third kappa shape index (κ3) is 4.37. The topological polar surface area (TPSA) is 98.5 Å². The van der Waals surface area contributed by atoms with E-state index in [2.05, 4.69) is 5.32 Å². The van der Waals surface area contributed by atoms with E-state index in [1.165, 1.54) is 12.1 Å². The fraction of sp³-hybridized carbons (Fsp3) is 0.125. The van der Waals surface area contributed by atoms with Crippen LogP contribution >= 0.6 is 0 Å². The van der Waals surface area contributed by atoms with Gasteiger partial charge in [-0.25, -0.2) is 0 Å². The molecule has 7 nitrogen and oxygen atoms in total. The zero-order valence-corrected chi connectivity index (χ0v) is 12.3. The van der Waals surface area contributed by atoms with E-state index in [4.69, 9.17) is 4.74 Å². The summed E-state index contributed by atoms with van der Waals surface area (Å²) in [6.45, 7) is 1.49. The minimum Gasteiger partial charge on any atom is -0.484 e. The first-order valence-electron chi connectivity index (χ1n) is 6.72. The highest BCUT2D eigenvalue weighted by Crippen LogP contribution is 2.21. The van der Waals surface area contributed by atoms with E-state index in [0.29, 0.717) is 28.8 Å². The van der Waals surface area contributed by atoms with Gasteiger partial charge in [0, 0.05) is 17.7 Å². The number of nitrogens with one attached hydrogen (secondary N) is 1. The van der Waals surface area contributed by atoms with E-state index >= 15 is 0 Å². The van der Waals surface area contributed by atoms with Crippen molar-refractivity contribution in [2.75, 3.05) is 11.9 Å². The summed E-state index contributed by atoms with van der Waals surface area (Å²) in [4.78, 5) is 32.7. The average molecular weight is 314 g/mol.